The first-order valence-electron chi connectivity index (χ1n) is 9.40. The Morgan fingerprint density at radius 1 is 1.15 bits per heavy atom. The molecule has 0 atom stereocenters. The highest BCUT2D eigenvalue weighted by atomic mass is 127. The third-order valence-electron chi connectivity index (χ3n) is 3.85. The standard InChI is InChI=1S/C19H30N6S.HI/c1-3-5-11-20-19(21-12-14-25-16-23-24-18(25)4-2)22-13-15-26-17-9-7-6-8-10-17;/h6-10,16H,3-5,11-15H2,1-2H3,(H2,20,21,22);1H. The van der Waals surface area contributed by atoms with E-state index in [9.17, 15) is 0 Å². The van der Waals surface area contributed by atoms with E-state index >= 15 is 0 Å². The topological polar surface area (TPSA) is 67.1 Å². The predicted molar refractivity (Wildman–Crippen MR) is 125 cm³/mol. The molecular weight excluding hydrogens is 471 g/mol. The van der Waals surface area contributed by atoms with Crippen LogP contribution in [0.2, 0.25) is 0 Å². The molecule has 150 valence electrons. The molecule has 27 heavy (non-hydrogen) atoms. The molecule has 0 aliphatic carbocycles. The van der Waals surface area contributed by atoms with Crippen LogP contribution in [0, 0.1) is 0 Å². The molecule has 0 unspecified atom stereocenters. The number of guanidine groups is 1. The molecule has 6 nitrogen and oxygen atoms in total. The lowest BCUT2D eigenvalue weighted by Crippen LogP contribution is -2.40. The van der Waals surface area contributed by atoms with Gasteiger partial charge in [-0.05, 0) is 18.6 Å². The molecule has 1 aromatic carbocycles. The number of aromatic nitrogens is 3. The molecule has 0 saturated heterocycles. The fourth-order valence-electron chi connectivity index (χ4n) is 2.41. The van der Waals surface area contributed by atoms with Gasteiger partial charge < -0.3 is 15.2 Å². The van der Waals surface area contributed by atoms with E-state index in [0.29, 0.717) is 0 Å². The van der Waals surface area contributed by atoms with Gasteiger partial charge in [-0.3, -0.25) is 4.99 Å². The van der Waals surface area contributed by atoms with E-state index < -0.39 is 0 Å². The molecule has 0 saturated carbocycles. The van der Waals surface area contributed by atoms with Gasteiger partial charge >= 0.3 is 0 Å². The van der Waals surface area contributed by atoms with Crippen molar-refractivity contribution in [2.45, 2.75) is 44.6 Å². The highest BCUT2D eigenvalue weighted by Gasteiger charge is 2.03. The van der Waals surface area contributed by atoms with E-state index in [2.05, 4.69) is 68.5 Å². The molecular formula is C19H31IN6S. The Kier molecular flexibility index (Phi) is 13.0. The average Bonchev–Trinajstić information content (AvgIpc) is 3.13. The van der Waals surface area contributed by atoms with E-state index in [1.165, 1.54) is 4.90 Å². The Balaban J connectivity index is 0.00000364. The normalized spacial score (nSPS) is 11.1. The highest BCUT2D eigenvalue weighted by Crippen LogP contribution is 2.15. The van der Waals surface area contributed by atoms with Crippen LogP contribution in [0.4, 0.5) is 0 Å². The number of halogens is 1. The molecule has 2 aromatic rings. The van der Waals surface area contributed by atoms with E-state index in [-0.39, 0.29) is 24.0 Å². The number of rotatable bonds is 11. The van der Waals surface area contributed by atoms with Gasteiger partial charge in [0.2, 0.25) is 0 Å². The van der Waals surface area contributed by atoms with Crippen LogP contribution in [-0.4, -0.2) is 46.1 Å². The zero-order chi connectivity index (χ0) is 18.5. The second kappa shape index (κ2) is 14.7. The fraction of sp³-hybridized carbons (Fsp3) is 0.526. The fourth-order valence-corrected chi connectivity index (χ4v) is 3.20. The molecule has 0 amide bonds. The van der Waals surface area contributed by atoms with Crippen molar-refractivity contribution in [3.8, 4) is 0 Å². The summed E-state index contributed by atoms with van der Waals surface area (Å²) in [7, 11) is 0. The van der Waals surface area contributed by atoms with E-state index in [1.807, 2.05) is 17.8 Å². The van der Waals surface area contributed by atoms with Crippen LogP contribution in [0.1, 0.15) is 32.5 Å². The van der Waals surface area contributed by atoms with Gasteiger partial charge in [-0.15, -0.1) is 45.9 Å². The molecule has 0 fully saturated rings. The van der Waals surface area contributed by atoms with Crippen LogP contribution >= 0.6 is 35.7 Å². The van der Waals surface area contributed by atoms with E-state index in [0.717, 1.165) is 63.0 Å². The molecule has 0 radical (unpaired) electrons. The Morgan fingerprint density at radius 2 is 1.93 bits per heavy atom. The SMILES string of the molecule is CCCCN=C(NCCSc1ccccc1)NCCn1cnnc1CC.I. The summed E-state index contributed by atoms with van der Waals surface area (Å²) in [5, 5.41) is 15.0. The Bertz CT molecular complexity index is 647. The quantitative estimate of drug-likeness (QED) is 0.162. The lowest BCUT2D eigenvalue weighted by molar-refractivity contribution is 0.632. The zero-order valence-electron chi connectivity index (χ0n) is 16.2. The molecule has 0 aliphatic rings. The number of benzene rings is 1. The van der Waals surface area contributed by atoms with Crippen molar-refractivity contribution >= 4 is 41.7 Å². The number of aliphatic imine (C=N–C) groups is 1. The molecule has 8 heteroatoms. The first kappa shape index (κ1) is 23.7. The van der Waals surface area contributed by atoms with Gasteiger partial charge in [0.15, 0.2) is 5.96 Å². The Morgan fingerprint density at radius 3 is 2.67 bits per heavy atom. The summed E-state index contributed by atoms with van der Waals surface area (Å²) in [5.74, 6) is 2.91. The summed E-state index contributed by atoms with van der Waals surface area (Å²) in [6, 6.07) is 10.5. The minimum atomic E-state index is 0. The summed E-state index contributed by atoms with van der Waals surface area (Å²) < 4.78 is 2.09. The number of hydrogen-bond acceptors (Lipinski definition) is 4. The monoisotopic (exact) mass is 502 g/mol. The summed E-state index contributed by atoms with van der Waals surface area (Å²) in [6.07, 6.45) is 4.95. The number of hydrogen-bond donors (Lipinski definition) is 2. The number of thioether (sulfide) groups is 1. The van der Waals surface area contributed by atoms with Crippen LogP contribution in [0.3, 0.4) is 0 Å². The van der Waals surface area contributed by atoms with Crippen molar-refractivity contribution in [1.29, 1.82) is 0 Å². The maximum absolute atomic E-state index is 4.66. The molecule has 1 heterocycles. The molecule has 0 spiro atoms. The summed E-state index contributed by atoms with van der Waals surface area (Å²) in [5.41, 5.74) is 0. The third-order valence-corrected chi connectivity index (χ3v) is 4.86. The second-order valence-corrected chi connectivity index (χ2v) is 7.06. The number of nitrogens with one attached hydrogen (secondary N) is 2. The first-order chi connectivity index (χ1) is 12.8. The predicted octanol–water partition coefficient (Wildman–Crippen LogP) is 3.59. The Hall–Kier alpha value is -1.29. The van der Waals surface area contributed by atoms with Gasteiger partial charge in [-0.25, -0.2) is 0 Å². The lowest BCUT2D eigenvalue weighted by atomic mass is 10.3. The summed E-state index contributed by atoms with van der Waals surface area (Å²) in [6.45, 7) is 7.65. The largest absolute Gasteiger partial charge is 0.356 e. The maximum atomic E-state index is 4.66. The lowest BCUT2D eigenvalue weighted by Gasteiger charge is -2.13. The first-order valence-corrected chi connectivity index (χ1v) is 10.4. The molecule has 2 N–H and O–H groups in total. The minimum absolute atomic E-state index is 0. The minimum Gasteiger partial charge on any atom is -0.356 e. The smallest absolute Gasteiger partial charge is 0.191 e. The van der Waals surface area contributed by atoms with Crippen molar-refractivity contribution in [3.63, 3.8) is 0 Å². The summed E-state index contributed by atoms with van der Waals surface area (Å²) >= 11 is 1.85. The van der Waals surface area contributed by atoms with Gasteiger partial charge in [-0.2, -0.15) is 0 Å². The third kappa shape index (κ3) is 9.46. The average molecular weight is 502 g/mol. The van der Waals surface area contributed by atoms with Gasteiger partial charge in [0.1, 0.15) is 12.2 Å². The number of nitrogens with zero attached hydrogens (tertiary/aromatic N) is 4. The highest BCUT2D eigenvalue weighted by molar-refractivity contribution is 14.0. The van der Waals surface area contributed by atoms with Gasteiger partial charge in [0, 0.05) is 43.2 Å². The van der Waals surface area contributed by atoms with Crippen LogP contribution < -0.4 is 10.6 Å². The van der Waals surface area contributed by atoms with Gasteiger partial charge in [0.05, 0.1) is 0 Å². The second-order valence-electron chi connectivity index (χ2n) is 5.89. The summed E-state index contributed by atoms with van der Waals surface area (Å²) in [4.78, 5) is 5.96. The maximum Gasteiger partial charge on any atom is 0.191 e. The molecule has 1 aromatic heterocycles. The van der Waals surface area contributed by atoms with Crippen molar-refractivity contribution in [2.75, 3.05) is 25.4 Å². The number of unbranched alkanes of at least 4 members (excludes halogenated alkanes) is 1. The van der Waals surface area contributed by atoms with Gasteiger partial charge in [0.25, 0.3) is 0 Å². The zero-order valence-corrected chi connectivity index (χ0v) is 19.4. The van der Waals surface area contributed by atoms with Crippen LogP contribution in [0.15, 0.2) is 46.5 Å². The van der Waals surface area contributed by atoms with E-state index in [4.69, 9.17) is 0 Å². The van der Waals surface area contributed by atoms with Crippen LogP contribution in [0.25, 0.3) is 0 Å². The Labute approximate surface area is 184 Å². The van der Waals surface area contributed by atoms with Crippen LogP contribution in [0.5, 0.6) is 0 Å². The van der Waals surface area contributed by atoms with Gasteiger partial charge in [-0.1, -0.05) is 38.5 Å². The van der Waals surface area contributed by atoms with Crippen LogP contribution in [-0.2, 0) is 13.0 Å². The molecule has 0 bridgehead atoms. The molecule has 2 rings (SSSR count). The van der Waals surface area contributed by atoms with Crippen molar-refractivity contribution < 1.29 is 0 Å². The van der Waals surface area contributed by atoms with Crippen molar-refractivity contribution in [2.24, 2.45) is 4.99 Å². The van der Waals surface area contributed by atoms with E-state index in [1.54, 1.807) is 6.33 Å². The number of aryl methyl sites for hydroxylation is 1. The molecule has 0 aliphatic heterocycles. The van der Waals surface area contributed by atoms with Crippen molar-refractivity contribution in [3.05, 3.63) is 42.5 Å². The van der Waals surface area contributed by atoms with Crippen molar-refractivity contribution in [1.82, 2.24) is 25.4 Å².